The molecule has 2 N–H and O–H groups in total. The Morgan fingerprint density at radius 3 is 2.76 bits per heavy atom. The third-order valence-electron chi connectivity index (χ3n) is 4.67. The number of benzene rings is 1. The van der Waals surface area contributed by atoms with Crippen molar-refractivity contribution in [3.63, 3.8) is 0 Å². The van der Waals surface area contributed by atoms with Crippen LogP contribution in [0.25, 0.3) is 11.4 Å². The van der Waals surface area contributed by atoms with E-state index in [0.29, 0.717) is 16.9 Å². The van der Waals surface area contributed by atoms with Gasteiger partial charge in [-0.15, -0.1) is 5.10 Å². The summed E-state index contributed by atoms with van der Waals surface area (Å²) >= 11 is 0. The van der Waals surface area contributed by atoms with E-state index in [-0.39, 0.29) is 0 Å². The fourth-order valence-electron chi connectivity index (χ4n) is 3.01. The first-order valence-electron chi connectivity index (χ1n) is 7.37. The minimum Gasteiger partial charge on any atom is -0.495 e. The molecule has 1 heterocycles. The molecular weight excluding hydrogens is 266 g/mol. The Labute approximate surface area is 124 Å². The van der Waals surface area contributed by atoms with E-state index >= 15 is 0 Å². The number of tetrazole rings is 1. The van der Waals surface area contributed by atoms with E-state index in [1.54, 1.807) is 7.11 Å². The lowest BCUT2D eigenvalue weighted by molar-refractivity contribution is 0.0948. The Morgan fingerprint density at radius 1 is 1.38 bits per heavy atom. The zero-order chi connectivity index (χ0) is 14.9. The van der Waals surface area contributed by atoms with Crippen molar-refractivity contribution in [2.24, 2.45) is 5.41 Å². The predicted octanol–water partition coefficient (Wildman–Crippen LogP) is 2.51. The highest BCUT2D eigenvalue weighted by Crippen LogP contribution is 2.45. The quantitative estimate of drug-likeness (QED) is 0.855. The molecular formula is C15H21N5O. The number of nitrogen functional groups attached to an aromatic ring is 1. The normalized spacial score (nSPS) is 16.5. The molecule has 1 aromatic carbocycles. The summed E-state index contributed by atoms with van der Waals surface area (Å²) < 4.78 is 7.10. The minimum atomic E-state index is 0.363. The van der Waals surface area contributed by atoms with E-state index in [2.05, 4.69) is 22.4 Å². The molecule has 6 nitrogen and oxygen atoms in total. The summed E-state index contributed by atoms with van der Waals surface area (Å²) in [5.41, 5.74) is 7.86. The molecule has 112 valence electrons. The summed E-state index contributed by atoms with van der Waals surface area (Å²) in [4.78, 5) is 0. The number of methoxy groups -OCH3 is 1. The van der Waals surface area contributed by atoms with Gasteiger partial charge in [-0.2, -0.15) is 0 Å². The summed E-state index contributed by atoms with van der Waals surface area (Å²) in [6, 6.07) is 5.65. The van der Waals surface area contributed by atoms with Crippen LogP contribution >= 0.6 is 0 Å². The van der Waals surface area contributed by atoms with Crippen LogP contribution in [0.15, 0.2) is 18.2 Å². The van der Waals surface area contributed by atoms with Crippen molar-refractivity contribution >= 4 is 5.69 Å². The first-order valence-corrected chi connectivity index (χ1v) is 7.37. The molecule has 0 radical (unpaired) electrons. The highest BCUT2D eigenvalue weighted by molar-refractivity contribution is 5.66. The van der Waals surface area contributed by atoms with Gasteiger partial charge < -0.3 is 10.5 Å². The van der Waals surface area contributed by atoms with Gasteiger partial charge in [0.05, 0.1) is 19.3 Å². The second kappa shape index (κ2) is 5.35. The lowest BCUT2D eigenvalue weighted by Crippen LogP contribution is -2.34. The molecule has 2 aromatic rings. The second-order valence-electron chi connectivity index (χ2n) is 5.82. The maximum Gasteiger partial charge on any atom is 0.182 e. The molecule has 0 amide bonds. The van der Waals surface area contributed by atoms with E-state index in [4.69, 9.17) is 10.5 Å². The molecule has 1 aromatic heterocycles. The lowest BCUT2D eigenvalue weighted by atomic mass is 9.67. The van der Waals surface area contributed by atoms with Gasteiger partial charge in [0.2, 0.25) is 0 Å². The van der Waals surface area contributed by atoms with Crippen LogP contribution in [0.1, 0.15) is 32.6 Å². The first-order chi connectivity index (χ1) is 10.2. The fraction of sp³-hybridized carbons (Fsp3) is 0.533. The third-order valence-corrected chi connectivity index (χ3v) is 4.67. The smallest absolute Gasteiger partial charge is 0.182 e. The van der Waals surface area contributed by atoms with Gasteiger partial charge in [0.1, 0.15) is 5.75 Å². The number of aromatic nitrogens is 4. The number of nitrogens with zero attached hydrogens (tertiary/aromatic N) is 4. The summed E-state index contributed by atoms with van der Waals surface area (Å²) in [6.07, 6.45) is 4.99. The molecule has 0 spiro atoms. The Bertz CT molecular complexity index is 627. The third kappa shape index (κ3) is 2.46. The van der Waals surface area contributed by atoms with Crippen LogP contribution < -0.4 is 10.5 Å². The molecule has 0 aliphatic heterocycles. The number of hydrogen-bond acceptors (Lipinski definition) is 5. The number of hydrogen-bond donors (Lipinski definition) is 1. The van der Waals surface area contributed by atoms with Gasteiger partial charge in [-0.25, -0.2) is 4.68 Å². The van der Waals surface area contributed by atoms with Gasteiger partial charge in [-0.3, -0.25) is 0 Å². The van der Waals surface area contributed by atoms with Crippen LogP contribution in [0.5, 0.6) is 5.75 Å². The van der Waals surface area contributed by atoms with Crippen molar-refractivity contribution in [2.45, 2.75) is 39.2 Å². The average molecular weight is 287 g/mol. The zero-order valence-corrected chi connectivity index (χ0v) is 12.5. The van der Waals surface area contributed by atoms with Gasteiger partial charge in [0, 0.05) is 5.56 Å². The second-order valence-corrected chi connectivity index (χ2v) is 5.82. The number of rotatable bonds is 5. The van der Waals surface area contributed by atoms with Crippen molar-refractivity contribution in [1.29, 1.82) is 0 Å². The zero-order valence-electron chi connectivity index (χ0n) is 12.5. The molecule has 0 saturated heterocycles. The molecule has 6 heteroatoms. The van der Waals surface area contributed by atoms with E-state index in [0.717, 1.165) is 24.4 Å². The Morgan fingerprint density at radius 2 is 2.19 bits per heavy atom. The summed E-state index contributed by atoms with van der Waals surface area (Å²) in [7, 11) is 1.61. The van der Waals surface area contributed by atoms with Gasteiger partial charge in [-0.1, -0.05) is 13.3 Å². The Balaban J connectivity index is 1.90. The van der Waals surface area contributed by atoms with Crippen molar-refractivity contribution in [3.8, 4) is 17.1 Å². The molecule has 1 aliphatic rings. The Kier molecular flexibility index (Phi) is 3.53. The predicted molar refractivity (Wildman–Crippen MR) is 80.8 cm³/mol. The van der Waals surface area contributed by atoms with Crippen LogP contribution in [0.4, 0.5) is 5.69 Å². The number of nitrogens with two attached hydrogens (primary N) is 1. The summed E-state index contributed by atoms with van der Waals surface area (Å²) in [5.74, 6) is 1.44. The maximum absolute atomic E-state index is 5.98. The SMILES string of the molecule is CCC1(Cn2nnnc2-c2ccc(OC)c(N)c2)CCC1. The molecule has 0 atom stereocenters. The fourth-order valence-corrected chi connectivity index (χ4v) is 3.01. The van der Waals surface area contributed by atoms with Crippen molar-refractivity contribution in [2.75, 3.05) is 12.8 Å². The molecule has 21 heavy (non-hydrogen) atoms. The van der Waals surface area contributed by atoms with E-state index in [1.807, 2.05) is 22.9 Å². The summed E-state index contributed by atoms with van der Waals surface area (Å²) in [5, 5.41) is 12.2. The van der Waals surface area contributed by atoms with Crippen LogP contribution in [0, 0.1) is 5.41 Å². The van der Waals surface area contributed by atoms with Crippen LogP contribution in [-0.2, 0) is 6.54 Å². The van der Waals surface area contributed by atoms with Crippen LogP contribution in [-0.4, -0.2) is 27.3 Å². The summed E-state index contributed by atoms with van der Waals surface area (Å²) in [6.45, 7) is 3.12. The average Bonchev–Trinajstić information content (AvgIpc) is 2.90. The van der Waals surface area contributed by atoms with Gasteiger partial charge in [-0.05, 0) is 53.3 Å². The van der Waals surface area contributed by atoms with Gasteiger partial charge in [0.15, 0.2) is 5.82 Å². The molecule has 1 saturated carbocycles. The standard InChI is InChI=1S/C15H21N5O/c1-3-15(7-4-8-15)10-20-14(17-18-19-20)11-5-6-13(21-2)12(16)9-11/h5-6,9H,3-4,7-8,10,16H2,1-2H3. The highest BCUT2D eigenvalue weighted by atomic mass is 16.5. The van der Waals surface area contributed by atoms with E-state index in [1.165, 1.54) is 19.3 Å². The molecule has 1 fully saturated rings. The topological polar surface area (TPSA) is 78.8 Å². The highest BCUT2D eigenvalue weighted by Gasteiger charge is 2.36. The van der Waals surface area contributed by atoms with Crippen LogP contribution in [0.3, 0.4) is 0 Å². The lowest BCUT2D eigenvalue weighted by Gasteiger charge is -2.41. The van der Waals surface area contributed by atoms with Crippen molar-refractivity contribution in [1.82, 2.24) is 20.2 Å². The molecule has 0 bridgehead atoms. The van der Waals surface area contributed by atoms with E-state index in [9.17, 15) is 0 Å². The number of ether oxygens (including phenoxy) is 1. The van der Waals surface area contributed by atoms with E-state index < -0.39 is 0 Å². The van der Waals surface area contributed by atoms with Gasteiger partial charge >= 0.3 is 0 Å². The van der Waals surface area contributed by atoms with Crippen molar-refractivity contribution in [3.05, 3.63) is 18.2 Å². The molecule has 0 unspecified atom stereocenters. The first kappa shape index (κ1) is 13.9. The molecule has 1 aliphatic carbocycles. The Hall–Kier alpha value is -2.11. The maximum atomic E-state index is 5.98. The minimum absolute atomic E-state index is 0.363. The van der Waals surface area contributed by atoms with Crippen molar-refractivity contribution < 1.29 is 4.74 Å². The largest absolute Gasteiger partial charge is 0.495 e. The number of anilines is 1. The monoisotopic (exact) mass is 287 g/mol. The molecule has 3 rings (SSSR count). The van der Waals surface area contributed by atoms with Gasteiger partial charge in [0.25, 0.3) is 0 Å². The van der Waals surface area contributed by atoms with Crippen LogP contribution in [0.2, 0.25) is 0 Å².